The van der Waals surface area contributed by atoms with Crippen LogP contribution < -0.4 is 5.32 Å². The molecular formula is C58H116N2O6P+. The van der Waals surface area contributed by atoms with Gasteiger partial charge in [-0.2, -0.15) is 0 Å². The molecule has 0 aliphatic rings. The lowest BCUT2D eigenvalue weighted by Crippen LogP contribution is -2.45. The minimum Gasteiger partial charge on any atom is -0.387 e. The highest BCUT2D eigenvalue weighted by molar-refractivity contribution is 7.47. The van der Waals surface area contributed by atoms with Gasteiger partial charge in [0, 0.05) is 6.42 Å². The van der Waals surface area contributed by atoms with Crippen molar-refractivity contribution >= 4 is 13.7 Å². The molecule has 0 aliphatic carbocycles. The van der Waals surface area contributed by atoms with E-state index < -0.39 is 20.0 Å². The molecule has 0 rings (SSSR count). The van der Waals surface area contributed by atoms with Crippen LogP contribution in [0.2, 0.25) is 0 Å². The first-order valence-corrected chi connectivity index (χ1v) is 30.7. The number of allylic oxidation sites excluding steroid dienone is 3. The topological polar surface area (TPSA) is 105 Å². The molecule has 0 aromatic carbocycles. The average Bonchev–Trinajstić information content (AvgIpc) is 3.29. The lowest BCUT2D eigenvalue weighted by Gasteiger charge is -2.25. The number of hydrogen-bond donors (Lipinski definition) is 3. The number of likely N-dealkylation sites (N-methyl/N-ethyl adjacent to an activating group) is 1. The van der Waals surface area contributed by atoms with Crippen LogP contribution in [0.1, 0.15) is 290 Å². The number of unbranched alkanes of at least 4 members (excludes halogenated alkanes) is 39. The largest absolute Gasteiger partial charge is 0.472 e. The summed E-state index contributed by atoms with van der Waals surface area (Å²) in [6, 6.07) is -0.860. The molecule has 3 atom stereocenters. The SMILES string of the molecule is CCCCCCCCCCCCCC/C=C/CC/C=C/C(O)C(COP(=O)(O)OCC[N+](C)(C)C)NC(=O)CCCCCCCCCCCCCCCCCCCCCCCCCCCCC. The summed E-state index contributed by atoms with van der Waals surface area (Å²) >= 11 is 0. The Morgan fingerprint density at radius 3 is 1.19 bits per heavy atom. The van der Waals surface area contributed by atoms with E-state index in [0.29, 0.717) is 17.4 Å². The van der Waals surface area contributed by atoms with Gasteiger partial charge in [-0.1, -0.05) is 276 Å². The van der Waals surface area contributed by atoms with E-state index in [0.717, 1.165) is 38.5 Å². The van der Waals surface area contributed by atoms with Crippen molar-refractivity contribution < 1.29 is 32.9 Å². The van der Waals surface area contributed by atoms with Crippen LogP contribution in [-0.4, -0.2) is 73.4 Å². The van der Waals surface area contributed by atoms with Gasteiger partial charge < -0.3 is 19.8 Å². The molecule has 9 heteroatoms. The fourth-order valence-electron chi connectivity index (χ4n) is 8.83. The van der Waals surface area contributed by atoms with Gasteiger partial charge in [-0.15, -0.1) is 0 Å². The number of phosphoric ester groups is 1. The van der Waals surface area contributed by atoms with Gasteiger partial charge >= 0.3 is 7.82 Å². The van der Waals surface area contributed by atoms with E-state index in [-0.39, 0.29) is 19.1 Å². The van der Waals surface area contributed by atoms with Crippen LogP contribution in [0.5, 0.6) is 0 Å². The fourth-order valence-corrected chi connectivity index (χ4v) is 9.56. The number of quaternary nitrogens is 1. The van der Waals surface area contributed by atoms with Crippen LogP contribution in [0.3, 0.4) is 0 Å². The third-order valence-corrected chi connectivity index (χ3v) is 14.4. The van der Waals surface area contributed by atoms with Gasteiger partial charge in [-0.25, -0.2) is 4.57 Å². The van der Waals surface area contributed by atoms with Gasteiger partial charge in [0.05, 0.1) is 39.9 Å². The number of hydrogen-bond acceptors (Lipinski definition) is 5. The molecule has 3 unspecified atom stereocenters. The Balaban J connectivity index is 4.15. The van der Waals surface area contributed by atoms with Crippen LogP contribution in [0, 0.1) is 0 Å². The zero-order chi connectivity index (χ0) is 49.2. The number of amides is 1. The Hall–Kier alpha value is -1.02. The molecule has 0 aromatic rings. The van der Waals surface area contributed by atoms with E-state index >= 15 is 0 Å². The average molecular weight is 969 g/mol. The van der Waals surface area contributed by atoms with Crippen LogP contribution in [0.25, 0.3) is 0 Å². The molecule has 0 radical (unpaired) electrons. The molecule has 3 N–H and O–H groups in total. The second kappa shape index (κ2) is 49.9. The first-order chi connectivity index (χ1) is 32.5. The highest BCUT2D eigenvalue weighted by Gasteiger charge is 2.27. The number of nitrogens with one attached hydrogen (secondary N) is 1. The van der Waals surface area contributed by atoms with E-state index in [4.69, 9.17) is 9.05 Å². The maximum atomic E-state index is 13.0. The van der Waals surface area contributed by atoms with Crippen LogP contribution in [0.4, 0.5) is 0 Å². The minimum absolute atomic E-state index is 0.0587. The molecule has 8 nitrogen and oxygen atoms in total. The van der Waals surface area contributed by atoms with Gasteiger partial charge in [0.15, 0.2) is 0 Å². The Bertz CT molecular complexity index is 1140. The molecule has 0 aromatic heterocycles. The highest BCUT2D eigenvalue weighted by atomic mass is 31.2. The molecule has 67 heavy (non-hydrogen) atoms. The first kappa shape index (κ1) is 66.0. The molecule has 0 bridgehead atoms. The zero-order valence-electron chi connectivity index (χ0n) is 45.4. The number of phosphoric acid groups is 1. The Morgan fingerprint density at radius 1 is 0.493 bits per heavy atom. The van der Waals surface area contributed by atoms with Crippen molar-refractivity contribution in [2.45, 2.75) is 302 Å². The van der Waals surface area contributed by atoms with E-state index in [2.05, 4.69) is 31.3 Å². The summed E-state index contributed by atoms with van der Waals surface area (Å²) in [5, 5.41) is 13.9. The first-order valence-electron chi connectivity index (χ1n) is 29.2. The van der Waals surface area contributed by atoms with Gasteiger partial charge in [-0.05, 0) is 32.1 Å². The van der Waals surface area contributed by atoms with Crippen LogP contribution in [0.15, 0.2) is 24.3 Å². The normalized spacial score (nSPS) is 14.1. The summed E-state index contributed by atoms with van der Waals surface area (Å²) in [4.78, 5) is 23.3. The van der Waals surface area contributed by atoms with Crippen LogP contribution in [-0.2, 0) is 18.4 Å². The van der Waals surface area contributed by atoms with Crippen LogP contribution >= 0.6 is 7.82 Å². The van der Waals surface area contributed by atoms with Crippen molar-refractivity contribution in [1.29, 1.82) is 0 Å². The van der Waals surface area contributed by atoms with Gasteiger partial charge in [-0.3, -0.25) is 13.8 Å². The maximum absolute atomic E-state index is 13.0. The van der Waals surface area contributed by atoms with E-state index in [1.165, 1.54) is 231 Å². The van der Waals surface area contributed by atoms with Gasteiger partial charge in [0.1, 0.15) is 13.2 Å². The van der Waals surface area contributed by atoms with Crippen molar-refractivity contribution in [3.05, 3.63) is 24.3 Å². The van der Waals surface area contributed by atoms with Gasteiger partial charge in [0.25, 0.3) is 0 Å². The fraction of sp³-hybridized carbons (Fsp3) is 0.914. The van der Waals surface area contributed by atoms with E-state index in [1.54, 1.807) is 6.08 Å². The summed E-state index contributed by atoms with van der Waals surface area (Å²) < 4.78 is 23.7. The van der Waals surface area contributed by atoms with Gasteiger partial charge in [0.2, 0.25) is 5.91 Å². The molecule has 0 saturated carbocycles. The molecule has 1 amide bonds. The predicted octanol–water partition coefficient (Wildman–Crippen LogP) is 17.6. The quantitative estimate of drug-likeness (QED) is 0.0243. The molecule has 0 heterocycles. The van der Waals surface area contributed by atoms with Crippen molar-refractivity contribution in [3.63, 3.8) is 0 Å². The summed E-state index contributed by atoms with van der Waals surface area (Å²) in [5.41, 5.74) is 0. The predicted molar refractivity (Wildman–Crippen MR) is 291 cm³/mol. The maximum Gasteiger partial charge on any atom is 0.472 e. The lowest BCUT2D eigenvalue weighted by atomic mass is 10.0. The second-order valence-corrected chi connectivity index (χ2v) is 22.8. The highest BCUT2D eigenvalue weighted by Crippen LogP contribution is 2.43. The Morgan fingerprint density at radius 2 is 0.821 bits per heavy atom. The number of aliphatic hydroxyl groups excluding tert-OH is 1. The van der Waals surface area contributed by atoms with E-state index in [1.807, 2.05) is 27.2 Å². The third kappa shape index (κ3) is 52.6. The molecule has 0 fully saturated rings. The van der Waals surface area contributed by atoms with Crippen molar-refractivity contribution in [1.82, 2.24) is 5.32 Å². The minimum atomic E-state index is -4.35. The second-order valence-electron chi connectivity index (χ2n) is 21.4. The molecule has 398 valence electrons. The summed E-state index contributed by atoms with van der Waals surface area (Å²) in [6.45, 7) is 4.84. The summed E-state index contributed by atoms with van der Waals surface area (Å²) in [5.74, 6) is -0.180. The molecule has 0 saturated heterocycles. The van der Waals surface area contributed by atoms with Crippen molar-refractivity contribution in [3.8, 4) is 0 Å². The summed E-state index contributed by atoms with van der Waals surface area (Å²) in [6.07, 6.45) is 62.9. The monoisotopic (exact) mass is 968 g/mol. The number of carbonyl (C=O) groups excluding carboxylic acids is 1. The number of rotatable bonds is 54. The molecule has 0 aliphatic heterocycles. The lowest BCUT2D eigenvalue weighted by molar-refractivity contribution is -0.870. The van der Waals surface area contributed by atoms with E-state index in [9.17, 15) is 19.4 Å². The Labute approximate surface area is 417 Å². The standard InChI is InChI=1S/C58H115N2O6P/c1-6-8-10-12-14-16-18-20-22-24-26-27-28-29-30-31-32-33-34-36-38-40-42-44-46-48-50-52-58(62)59-56(55-66-67(63,64)65-54-53-60(3,4)5)57(61)51-49-47-45-43-41-39-37-35-25-23-21-19-17-15-13-11-9-7-2/h41,43,49,51,56-57,61H,6-40,42,44-48,50,52-55H2,1-5H3,(H-,59,62,63,64)/p+1/b43-41+,51-49+. The zero-order valence-corrected chi connectivity index (χ0v) is 46.3. The number of nitrogens with zero attached hydrogens (tertiary/aromatic N) is 1. The summed E-state index contributed by atoms with van der Waals surface area (Å²) in [7, 11) is 1.57. The van der Waals surface area contributed by atoms with Crippen molar-refractivity contribution in [2.75, 3.05) is 40.9 Å². The smallest absolute Gasteiger partial charge is 0.387 e. The number of aliphatic hydroxyl groups is 1. The Kier molecular flexibility index (Phi) is 49.2. The molecular weight excluding hydrogens is 852 g/mol. The third-order valence-electron chi connectivity index (χ3n) is 13.4. The number of carbonyl (C=O) groups is 1. The van der Waals surface area contributed by atoms with Crippen molar-refractivity contribution in [2.24, 2.45) is 0 Å². The molecule has 0 spiro atoms.